The van der Waals surface area contributed by atoms with Crippen LogP contribution in [0.5, 0.6) is 0 Å². The van der Waals surface area contributed by atoms with E-state index in [1.165, 1.54) is 55.3 Å². The SMILES string of the molecule is Cc1cc(C)cc(CNCCC2CCC(C)CC2)c1. The molecule has 1 N–H and O–H groups in total. The predicted molar refractivity (Wildman–Crippen MR) is 83.4 cm³/mol. The molecule has 0 heterocycles. The maximum atomic E-state index is 3.61. The lowest BCUT2D eigenvalue weighted by molar-refractivity contribution is 0.275. The molecule has 0 unspecified atom stereocenters. The first-order valence-electron chi connectivity index (χ1n) is 7.91. The number of hydrogen-bond donors (Lipinski definition) is 1. The van der Waals surface area contributed by atoms with Crippen molar-refractivity contribution in [1.82, 2.24) is 5.32 Å². The predicted octanol–water partition coefficient (Wildman–Crippen LogP) is 4.61. The summed E-state index contributed by atoms with van der Waals surface area (Å²) >= 11 is 0. The van der Waals surface area contributed by atoms with Crippen LogP contribution in [-0.2, 0) is 6.54 Å². The van der Waals surface area contributed by atoms with E-state index in [-0.39, 0.29) is 0 Å². The second-order valence-corrected chi connectivity index (χ2v) is 6.59. The van der Waals surface area contributed by atoms with Crippen molar-refractivity contribution in [1.29, 1.82) is 0 Å². The zero-order chi connectivity index (χ0) is 13.7. The topological polar surface area (TPSA) is 12.0 Å². The van der Waals surface area contributed by atoms with E-state index in [2.05, 4.69) is 44.3 Å². The van der Waals surface area contributed by atoms with Crippen molar-refractivity contribution in [2.45, 2.75) is 59.4 Å². The van der Waals surface area contributed by atoms with Crippen molar-refractivity contribution in [3.05, 3.63) is 34.9 Å². The van der Waals surface area contributed by atoms with Crippen molar-refractivity contribution in [3.8, 4) is 0 Å². The van der Waals surface area contributed by atoms with E-state index in [1.807, 2.05) is 0 Å². The summed E-state index contributed by atoms with van der Waals surface area (Å²) in [7, 11) is 0. The van der Waals surface area contributed by atoms with Crippen LogP contribution in [0.25, 0.3) is 0 Å². The Morgan fingerprint density at radius 1 is 1.00 bits per heavy atom. The molecule has 0 atom stereocenters. The second kappa shape index (κ2) is 7.09. The van der Waals surface area contributed by atoms with Crippen molar-refractivity contribution >= 4 is 0 Å². The molecule has 2 rings (SSSR count). The Balaban J connectivity index is 1.66. The minimum absolute atomic E-state index is 0.972. The quantitative estimate of drug-likeness (QED) is 0.761. The van der Waals surface area contributed by atoms with Crippen LogP contribution in [0.3, 0.4) is 0 Å². The van der Waals surface area contributed by atoms with Gasteiger partial charge in [-0.2, -0.15) is 0 Å². The summed E-state index contributed by atoms with van der Waals surface area (Å²) in [5, 5.41) is 3.61. The normalized spacial score (nSPS) is 23.5. The Bertz CT molecular complexity index is 368. The summed E-state index contributed by atoms with van der Waals surface area (Å²) in [5.41, 5.74) is 4.17. The van der Waals surface area contributed by atoms with Gasteiger partial charge < -0.3 is 5.32 Å². The molecule has 0 saturated heterocycles. The molecule has 0 aliphatic heterocycles. The van der Waals surface area contributed by atoms with E-state index in [4.69, 9.17) is 0 Å². The van der Waals surface area contributed by atoms with E-state index in [0.717, 1.165) is 18.4 Å². The Hall–Kier alpha value is -0.820. The molecule has 106 valence electrons. The number of benzene rings is 1. The molecule has 1 nitrogen and oxygen atoms in total. The fourth-order valence-corrected chi connectivity index (χ4v) is 3.33. The first kappa shape index (κ1) is 14.6. The summed E-state index contributed by atoms with van der Waals surface area (Å²) < 4.78 is 0. The van der Waals surface area contributed by atoms with Gasteiger partial charge in [0.15, 0.2) is 0 Å². The molecule has 19 heavy (non-hydrogen) atoms. The molecule has 1 saturated carbocycles. The van der Waals surface area contributed by atoms with Gasteiger partial charge in [-0.3, -0.25) is 0 Å². The summed E-state index contributed by atoms with van der Waals surface area (Å²) in [6.45, 7) is 8.95. The van der Waals surface area contributed by atoms with E-state index >= 15 is 0 Å². The van der Waals surface area contributed by atoms with Gasteiger partial charge in [0, 0.05) is 6.54 Å². The van der Waals surface area contributed by atoms with E-state index < -0.39 is 0 Å². The average molecular weight is 259 g/mol. The summed E-state index contributed by atoms with van der Waals surface area (Å²) in [4.78, 5) is 0. The minimum Gasteiger partial charge on any atom is -0.313 e. The van der Waals surface area contributed by atoms with Crippen molar-refractivity contribution < 1.29 is 0 Å². The lowest BCUT2D eigenvalue weighted by atomic mass is 9.81. The lowest BCUT2D eigenvalue weighted by Crippen LogP contribution is -2.20. The molecule has 0 amide bonds. The third kappa shape index (κ3) is 4.99. The largest absolute Gasteiger partial charge is 0.313 e. The van der Waals surface area contributed by atoms with Gasteiger partial charge in [0.2, 0.25) is 0 Å². The maximum Gasteiger partial charge on any atom is 0.0205 e. The molecular formula is C18H29N. The third-order valence-corrected chi connectivity index (χ3v) is 4.48. The van der Waals surface area contributed by atoms with Gasteiger partial charge in [-0.15, -0.1) is 0 Å². The highest BCUT2D eigenvalue weighted by molar-refractivity contribution is 5.28. The maximum absolute atomic E-state index is 3.61. The molecule has 1 aliphatic carbocycles. The third-order valence-electron chi connectivity index (χ3n) is 4.48. The standard InChI is InChI=1S/C18H29N/c1-14-4-6-17(7-5-14)8-9-19-13-18-11-15(2)10-16(3)12-18/h10-12,14,17,19H,4-9,13H2,1-3H3. The molecule has 0 radical (unpaired) electrons. The Morgan fingerprint density at radius 3 is 2.26 bits per heavy atom. The Morgan fingerprint density at radius 2 is 1.63 bits per heavy atom. The van der Waals surface area contributed by atoms with Crippen LogP contribution in [0.15, 0.2) is 18.2 Å². The molecule has 0 aromatic heterocycles. The van der Waals surface area contributed by atoms with E-state index in [1.54, 1.807) is 0 Å². The Kier molecular flexibility index (Phi) is 5.45. The smallest absolute Gasteiger partial charge is 0.0205 e. The van der Waals surface area contributed by atoms with Crippen molar-refractivity contribution in [2.24, 2.45) is 11.8 Å². The van der Waals surface area contributed by atoms with Crippen LogP contribution in [0.1, 0.15) is 55.7 Å². The van der Waals surface area contributed by atoms with Gasteiger partial charge in [-0.1, -0.05) is 61.9 Å². The van der Waals surface area contributed by atoms with Gasteiger partial charge in [0.05, 0.1) is 0 Å². The monoisotopic (exact) mass is 259 g/mol. The van der Waals surface area contributed by atoms with Crippen LogP contribution in [0, 0.1) is 25.7 Å². The van der Waals surface area contributed by atoms with Gasteiger partial charge in [-0.05, 0) is 44.2 Å². The molecule has 0 bridgehead atoms. The molecule has 1 heteroatoms. The fraction of sp³-hybridized carbons (Fsp3) is 0.667. The van der Waals surface area contributed by atoms with Crippen LogP contribution < -0.4 is 5.32 Å². The first-order chi connectivity index (χ1) is 9.13. The highest BCUT2D eigenvalue weighted by Crippen LogP contribution is 2.29. The molecule has 1 aromatic rings. The molecule has 0 spiro atoms. The fourth-order valence-electron chi connectivity index (χ4n) is 3.33. The van der Waals surface area contributed by atoms with E-state index in [9.17, 15) is 0 Å². The second-order valence-electron chi connectivity index (χ2n) is 6.59. The van der Waals surface area contributed by atoms with E-state index in [0.29, 0.717) is 0 Å². The molecule has 1 aromatic carbocycles. The molecule has 1 fully saturated rings. The average Bonchev–Trinajstić information content (AvgIpc) is 2.36. The number of hydrogen-bond acceptors (Lipinski definition) is 1. The zero-order valence-corrected chi connectivity index (χ0v) is 12.8. The van der Waals surface area contributed by atoms with Gasteiger partial charge in [0.1, 0.15) is 0 Å². The first-order valence-corrected chi connectivity index (χ1v) is 7.91. The highest BCUT2D eigenvalue weighted by Gasteiger charge is 2.17. The molecular weight excluding hydrogens is 230 g/mol. The zero-order valence-electron chi connectivity index (χ0n) is 12.8. The van der Waals surface area contributed by atoms with Crippen LogP contribution in [-0.4, -0.2) is 6.54 Å². The Labute approximate surface area is 118 Å². The van der Waals surface area contributed by atoms with Crippen molar-refractivity contribution in [3.63, 3.8) is 0 Å². The van der Waals surface area contributed by atoms with Crippen molar-refractivity contribution in [2.75, 3.05) is 6.54 Å². The van der Waals surface area contributed by atoms with Gasteiger partial charge >= 0.3 is 0 Å². The van der Waals surface area contributed by atoms with Gasteiger partial charge in [-0.25, -0.2) is 0 Å². The summed E-state index contributed by atoms with van der Waals surface area (Å²) in [5.74, 6) is 1.95. The van der Waals surface area contributed by atoms with Gasteiger partial charge in [0.25, 0.3) is 0 Å². The summed E-state index contributed by atoms with van der Waals surface area (Å²) in [6, 6.07) is 6.83. The lowest BCUT2D eigenvalue weighted by Gasteiger charge is -2.26. The van der Waals surface area contributed by atoms with Crippen LogP contribution >= 0.6 is 0 Å². The summed E-state index contributed by atoms with van der Waals surface area (Å²) in [6.07, 6.45) is 7.15. The molecule has 1 aliphatic rings. The minimum atomic E-state index is 0.972. The highest BCUT2D eigenvalue weighted by atomic mass is 14.8. The van der Waals surface area contributed by atoms with Crippen LogP contribution in [0.2, 0.25) is 0 Å². The number of aryl methyl sites for hydroxylation is 2. The van der Waals surface area contributed by atoms with Crippen LogP contribution in [0.4, 0.5) is 0 Å². The number of rotatable bonds is 5. The number of nitrogens with one attached hydrogen (secondary N) is 1.